The van der Waals surface area contributed by atoms with Crippen LogP contribution in [0.15, 0.2) is 24.3 Å². The van der Waals surface area contributed by atoms with Crippen LogP contribution in [0.5, 0.6) is 5.75 Å². The number of nitrogens with one attached hydrogen (secondary N) is 1. The molecule has 20 heavy (non-hydrogen) atoms. The average Bonchev–Trinajstić information content (AvgIpc) is 2.46. The Morgan fingerprint density at radius 1 is 1.25 bits per heavy atom. The second kappa shape index (κ2) is 8.27. The molecule has 1 atom stereocenters. The Bertz CT molecular complexity index is 482. The normalized spacial score (nSPS) is 13.2. The van der Waals surface area contributed by atoms with Crippen molar-refractivity contribution in [2.24, 2.45) is 0 Å². The number of sulfone groups is 1. The number of methoxy groups -OCH3 is 1. The quantitative estimate of drug-likeness (QED) is 0.758. The Morgan fingerprint density at radius 2 is 1.90 bits per heavy atom. The van der Waals surface area contributed by atoms with Crippen LogP contribution in [0.3, 0.4) is 0 Å². The van der Waals surface area contributed by atoms with Crippen LogP contribution < -0.4 is 10.1 Å². The molecule has 0 aromatic heterocycles. The molecule has 1 aromatic rings. The number of likely N-dealkylation sites (N-methyl/N-ethyl adjacent to an activating group) is 1. The first-order valence-electron chi connectivity index (χ1n) is 7.01. The minimum absolute atomic E-state index is 0.232. The van der Waals surface area contributed by atoms with E-state index in [4.69, 9.17) is 4.74 Å². The van der Waals surface area contributed by atoms with Crippen molar-refractivity contribution in [1.29, 1.82) is 0 Å². The van der Waals surface area contributed by atoms with Crippen molar-refractivity contribution < 1.29 is 13.2 Å². The lowest BCUT2D eigenvalue weighted by Gasteiger charge is -2.16. The largest absolute Gasteiger partial charge is 0.497 e. The molecule has 5 heteroatoms. The monoisotopic (exact) mass is 299 g/mol. The number of rotatable bonds is 9. The Labute approximate surface area is 122 Å². The van der Waals surface area contributed by atoms with Gasteiger partial charge in [0.05, 0.1) is 12.9 Å². The maximum atomic E-state index is 11.5. The van der Waals surface area contributed by atoms with E-state index in [1.54, 1.807) is 14.0 Å². The third-order valence-electron chi connectivity index (χ3n) is 3.50. The molecule has 1 N–H and O–H groups in total. The van der Waals surface area contributed by atoms with E-state index in [0.717, 1.165) is 18.6 Å². The zero-order chi connectivity index (χ0) is 15.0. The maximum Gasteiger partial charge on any atom is 0.150 e. The Morgan fingerprint density at radius 3 is 2.40 bits per heavy atom. The molecule has 0 spiro atoms. The van der Waals surface area contributed by atoms with Gasteiger partial charge in [0.2, 0.25) is 0 Å². The third kappa shape index (κ3) is 5.92. The highest BCUT2D eigenvalue weighted by Crippen LogP contribution is 2.14. The number of benzene rings is 1. The van der Waals surface area contributed by atoms with Crippen molar-refractivity contribution in [3.05, 3.63) is 29.8 Å². The molecule has 0 heterocycles. The van der Waals surface area contributed by atoms with Gasteiger partial charge in [0.1, 0.15) is 15.6 Å². The predicted octanol–water partition coefficient (Wildman–Crippen LogP) is 2.04. The highest BCUT2D eigenvalue weighted by Gasteiger charge is 2.11. The van der Waals surface area contributed by atoms with Crippen molar-refractivity contribution >= 4 is 9.84 Å². The molecule has 1 unspecified atom stereocenters. The van der Waals surface area contributed by atoms with Gasteiger partial charge in [-0.1, -0.05) is 19.1 Å². The topological polar surface area (TPSA) is 55.4 Å². The summed E-state index contributed by atoms with van der Waals surface area (Å²) in [6, 6.07) is 8.29. The highest BCUT2D eigenvalue weighted by molar-refractivity contribution is 7.91. The summed E-state index contributed by atoms with van der Waals surface area (Å²) in [5.41, 5.74) is 1.23. The number of hydrogen-bond donors (Lipinski definition) is 1. The third-order valence-corrected chi connectivity index (χ3v) is 5.29. The summed E-state index contributed by atoms with van der Waals surface area (Å²) in [6.07, 6.45) is 2.46. The first kappa shape index (κ1) is 17.0. The average molecular weight is 299 g/mol. The van der Waals surface area contributed by atoms with E-state index in [-0.39, 0.29) is 11.5 Å². The minimum Gasteiger partial charge on any atom is -0.497 e. The summed E-state index contributed by atoms with van der Waals surface area (Å²) in [5, 5.41) is 3.26. The number of ether oxygens (including phenoxy) is 1. The Balaban J connectivity index is 2.46. The summed E-state index contributed by atoms with van der Waals surface area (Å²) in [7, 11) is 0.722. The van der Waals surface area contributed by atoms with Gasteiger partial charge in [-0.15, -0.1) is 0 Å². The smallest absolute Gasteiger partial charge is 0.150 e. The van der Waals surface area contributed by atoms with Crippen LogP contribution in [0.1, 0.15) is 25.3 Å². The van der Waals surface area contributed by atoms with Crippen LogP contribution >= 0.6 is 0 Å². The van der Waals surface area contributed by atoms with Crippen LogP contribution in [0, 0.1) is 0 Å². The van der Waals surface area contributed by atoms with Gasteiger partial charge < -0.3 is 10.1 Å². The molecule has 0 radical (unpaired) electrons. The zero-order valence-electron chi connectivity index (χ0n) is 12.6. The van der Waals surface area contributed by atoms with Gasteiger partial charge in [0.25, 0.3) is 0 Å². The van der Waals surface area contributed by atoms with Gasteiger partial charge in [0.15, 0.2) is 0 Å². The molecule has 114 valence electrons. The standard InChI is InChI=1S/C15H25NO3S/c1-4-20(17,18)11-5-6-14(16-2)12-13-7-9-15(19-3)10-8-13/h7-10,14,16H,4-6,11-12H2,1-3H3. The fourth-order valence-corrected chi connectivity index (χ4v) is 2.98. The molecular formula is C15H25NO3S. The van der Waals surface area contributed by atoms with Gasteiger partial charge in [-0.05, 0) is 44.0 Å². The Kier molecular flexibility index (Phi) is 7.02. The molecule has 0 aliphatic rings. The molecule has 0 bridgehead atoms. The second-order valence-electron chi connectivity index (χ2n) is 4.92. The fraction of sp³-hybridized carbons (Fsp3) is 0.600. The fourth-order valence-electron chi connectivity index (χ4n) is 2.09. The SMILES string of the molecule is CCS(=O)(=O)CCCC(Cc1ccc(OC)cc1)NC. The predicted molar refractivity (Wildman–Crippen MR) is 83.1 cm³/mol. The van der Waals surface area contributed by atoms with E-state index in [2.05, 4.69) is 5.32 Å². The van der Waals surface area contributed by atoms with Crippen LogP contribution in [-0.2, 0) is 16.3 Å². The molecule has 1 rings (SSSR count). The van der Waals surface area contributed by atoms with Crippen LogP contribution in [0.2, 0.25) is 0 Å². The van der Waals surface area contributed by atoms with Crippen molar-refractivity contribution in [2.45, 2.75) is 32.2 Å². The highest BCUT2D eigenvalue weighted by atomic mass is 32.2. The van der Waals surface area contributed by atoms with Gasteiger partial charge >= 0.3 is 0 Å². The van der Waals surface area contributed by atoms with Crippen LogP contribution in [-0.4, -0.2) is 40.1 Å². The lowest BCUT2D eigenvalue weighted by Crippen LogP contribution is -2.28. The maximum absolute atomic E-state index is 11.5. The summed E-state index contributed by atoms with van der Waals surface area (Å²) < 4.78 is 28.1. The van der Waals surface area contributed by atoms with Gasteiger partial charge in [0, 0.05) is 11.8 Å². The molecule has 0 aliphatic heterocycles. The van der Waals surface area contributed by atoms with Crippen molar-refractivity contribution in [2.75, 3.05) is 25.7 Å². The molecule has 0 saturated carbocycles. The lowest BCUT2D eigenvalue weighted by molar-refractivity contribution is 0.414. The summed E-state index contributed by atoms with van der Waals surface area (Å²) in [6.45, 7) is 1.70. The second-order valence-corrected chi connectivity index (χ2v) is 7.39. The first-order valence-corrected chi connectivity index (χ1v) is 8.83. The van der Waals surface area contributed by atoms with E-state index in [9.17, 15) is 8.42 Å². The van der Waals surface area contributed by atoms with Gasteiger partial charge in [-0.3, -0.25) is 0 Å². The molecule has 4 nitrogen and oxygen atoms in total. The molecule has 0 aliphatic carbocycles. The zero-order valence-corrected chi connectivity index (χ0v) is 13.4. The van der Waals surface area contributed by atoms with E-state index in [1.807, 2.05) is 31.3 Å². The van der Waals surface area contributed by atoms with Crippen LogP contribution in [0.4, 0.5) is 0 Å². The van der Waals surface area contributed by atoms with E-state index in [0.29, 0.717) is 12.5 Å². The van der Waals surface area contributed by atoms with E-state index >= 15 is 0 Å². The van der Waals surface area contributed by atoms with Gasteiger partial charge in [-0.2, -0.15) is 0 Å². The molecule has 0 amide bonds. The Hall–Kier alpha value is -1.07. The molecule has 0 saturated heterocycles. The molecular weight excluding hydrogens is 274 g/mol. The van der Waals surface area contributed by atoms with Crippen molar-refractivity contribution in [1.82, 2.24) is 5.32 Å². The van der Waals surface area contributed by atoms with Crippen LogP contribution in [0.25, 0.3) is 0 Å². The summed E-state index contributed by atoms with van der Waals surface area (Å²) in [4.78, 5) is 0. The lowest BCUT2D eigenvalue weighted by atomic mass is 10.0. The molecule has 1 aromatic carbocycles. The van der Waals surface area contributed by atoms with E-state index in [1.165, 1.54) is 5.56 Å². The summed E-state index contributed by atoms with van der Waals surface area (Å²) in [5.74, 6) is 1.36. The number of hydrogen-bond acceptors (Lipinski definition) is 4. The van der Waals surface area contributed by atoms with Gasteiger partial charge in [-0.25, -0.2) is 8.42 Å². The van der Waals surface area contributed by atoms with Crippen molar-refractivity contribution in [3.8, 4) is 5.75 Å². The van der Waals surface area contributed by atoms with E-state index < -0.39 is 9.84 Å². The summed E-state index contributed by atoms with van der Waals surface area (Å²) >= 11 is 0. The minimum atomic E-state index is -2.85. The van der Waals surface area contributed by atoms with Crippen molar-refractivity contribution in [3.63, 3.8) is 0 Å². The molecule has 0 fully saturated rings. The first-order chi connectivity index (χ1) is 9.50.